The Balaban J connectivity index is 1.97. The molecule has 0 aliphatic carbocycles. The van der Waals surface area contributed by atoms with Crippen molar-refractivity contribution in [2.45, 2.75) is 25.8 Å². The van der Waals surface area contributed by atoms with Crippen LogP contribution in [0.15, 0.2) is 53.0 Å². The SMILES string of the molecule is CC(C)c1ccc(C(c2cccc(Br)c2)N2CCNCC2)cc1. The zero-order chi connectivity index (χ0) is 16.2. The summed E-state index contributed by atoms with van der Waals surface area (Å²) in [6, 6.07) is 18.2. The lowest BCUT2D eigenvalue weighted by Crippen LogP contribution is -2.45. The minimum absolute atomic E-state index is 0.329. The van der Waals surface area contributed by atoms with Crippen LogP contribution in [0.2, 0.25) is 0 Å². The molecule has 0 saturated carbocycles. The summed E-state index contributed by atoms with van der Waals surface area (Å²) in [6.07, 6.45) is 0. The molecule has 122 valence electrons. The molecule has 1 unspecified atom stereocenters. The van der Waals surface area contributed by atoms with Crippen LogP contribution in [0.25, 0.3) is 0 Å². The summed E-state index contributed by atoms with van der Waals surface area (Å²) >= 11 is 3.63. The van der Waals surface area contributed by atoms with Gasteiger partial charge in [0, 0.05) is 30.7 Å². The quantitative estimate of drug-likeness (QED) is 0.845. The van der Waals surface area contributed by atoms with Crippen LogP contribution in [0.4, 0.5) is 0 Å². The Bertz CT molecular complexity index is 630. The second kappa shape index (κ2) is 7.61. The third-order valence-electron chi connectivity index (χ3n) is 4.60. The molecule has 1 saturated heterocycles. The van der Waals surface area contributed by atoms with Crippen molar-refractivity contribution in [1.82, 2.24) is 10.2 Å². The Morgan fingerprint density at radius 3 is 2.17 bits per heavy atom. The molecule has 2 nitrogen and oxygen atoms in total. The maximum atomic E-state index is 3.63. The topological polar surface area (TPSA) is 15.3 Å². The zero-order valence-corrected chi connectivity index (χ0v) is 15.5. The molecule has 1 heterocycles. The smallest absolute Gasteiger partial charge is 0.0603 e. The van der Waals surface area contributed by atoms with Gasteiger partial charge in [0.1, 0.15) is 0 Å². The minimum Gasteiger partial charge on any atom is -0.314 e. The van der Waals surface area contributed by atoms with Crippen LogP contribution in [0.1, 0.15) is 42.5 Å². The van der Waals surface area contributed by atoms with Crippen LogP contribution in [0.5, 0.6) is 0 Å². The normalized spacial score (nSPS) is 17.4. The van der Waals surface area contributed by atoms with Crippen molar-refractivity contribution < 1.29 is 0 Å². The molecular weight excluding hydrogens is 348 g/mol. The molecule has 0 spiro atoms. The van der Waals surface area contributed by atoms with Crippen molar-refractivity contribution >= 4 is 15.9 Å². The Hall–Kier alpha value is -1.16. The fourth-order valence-corrected chi connectivity index (χ4v) is 3.71. The van der Waals surface area contributed by atoms with Gasteiger partial charge in [0.05, 0.1) is 6.04 Å². The number of hydrogen-bond acceptors (Lipinski definition) is 2. The Morgan fingerprint density at radius 1 is 0.913 bits per heavy atom. The molecule has 1 fully saturated rings. The number of nitrogens with one attached hydrogen (secondary N) is 1. The Kier molecular flexibility index (Phi) is 5.52. The van der Waals surface area contributed by atoms with Gasteiger partial charge in [0.25, 0.3) is 0 Å². The summed E-state index contributed by atoms with van der Waals surface area (Å²) in [5, 5.41) is 3.46. The van der Waals surface area contributed by atoms with Gasteiger partial charge in [-0.3, -0.25) is 4.90 Å². The van der Waals surface area contributed by atoms with E-state index >= 15 is 0 Å². The van der Waals surface area contributed by atoms with Gasteiger partial charge in [-0.05, 0) is 34.7 Å². The van der Waals surface area contributed by atoms with Gasteiger partial charge in [0.15, 0.2) is 0 Å². The van der Waals surface area contributed by atoms with E-state index in [4.69, 9.17) is 0 Å². The summed E-state index contributed by atoms with van der Waals surface area (Å²) in [5.74, 6) is 0.576. The van der Waals surface area contributed by atoms with Crippen molar-refractivity contribution in [3.05, 3.63) is 69.7 Å². The summed E-state index contributed by atoms with van der Waals surface area (Å²) in [7, 11) is 0. The number of nitrogens with zero attached hydrogens (tertiary/aromatic N) is 1. The maximum absolute atomic E-state index is 3.63. The van der Waals surface area contributed by atoms with Crippen molar-refractivity contribution in [1.29, 1.82) is 0 Å². The summed E-state index contributed by atoms with van der Waals surface area (Å²) < 4.78 is 1.15. The van der Waals surface area contributed by atoms with Gasteiger partial charge >= 0.3 is 0 Å². The fraction of sp³-hybridized carbons (Fsp3) is 0.400. The van der Waals surface area contributed by atoms with Crippen LogP contribution in [0.3, 0.4) is 0 Å². The molecule has 0 radical (unpaired) electrons. The Labute approximate surface area is 148 Å². The van der Waals surface area contributed by atoms with E-state index in [0.717, 1.165) is 30.7 Å². The Morgan fingerprint density at radius 2 is 1.57 bits per heavy atom. The predicted molar refractivity (Wildman–Crippen MR) is 101 cm³/mol. The highest BCUT2D eigenvalue weighted by molar-refractivity contribution is 9.10. The highest BCUT2D eigenvalue weighted by Crippen LogP contribution is 2.31. The molecule has 1 N–H and O–H groups in total. The maximum Gasteiger partial charge on any atom is 0.0603 e. The van der Waals surface area contributed by atoms with Gasteiger partial charge < -0.3 is 5.32 Å². The van der Waals surface area contributed by atoms with Crippen LogP contribution in [-0.4, -0.2) is 31.1 Å². The number of rotatable bonds is 4. The van der Waals surface area contributed by atoms with E-state index in [1.165, 1.54) is 16.7 Å². The van der Waals surface area contributed by atoms with Crippen LogP contribution in [-0.2, 0) is 0 Å². The molecule has 1 aliphatic rings. The van der Waals surface area contributed by atoms with E-state index in [2.05, 4.69) is 88.5 Å². The lowest BCUT2D eigenvalue weighted by atomic mass is 9.94. The van der Waals surface area contributed by atoms with Crippen LogP contribution >= 0.6 is 15.9 Å². The molecule has 0 bridgehead atoms. The average molecular weight is 373 g/mol. The van der Waals surface area contributed by atoms with Crippen LogP contribution < -0.4 is 5.32 Å². The molecule has 3 heteroatoms. The van der Waals surface area contributed by atoms with E-state index < -0.39 is 0 Å². The molecule has 2 aromatic carbocycles. The molecule has 23 heavy (non-hydrogen) atoms. The molecule has 2 aromatic rings. The second-order valence-electron chi connectivity index (χ2n) is 6.56. The standard InChI is InChI=1S/C20H25BrN2/c1-15(2)16-6-8-17(9-7-16)20(23-12-10-22-11-13-23)18-4-3-5-19(21)14-18/h3-9,14-15,20,22H,10-13H2,1-2H3. The van der Waals surface area contributed by atoms with Gasteiger partial charge in [-0.25, -0.2) is 0 Å². The number of hydrogen-bond donors (Lipinski definition) is 1. The third-order valence-corrected chi connectivity index (χ3v) is 5.09. The van der Waals surface area contributed by atoms with Gasteiger partial charge in [-0.1, -0.05) is 66.2 Å². The predicted octanol–water partition coefficient (Wildman–Crippen LogP) is 4.57. The first-order chi connectivity index (χ1) is 11.1. The van der Waals surface area contributed by atoms with E-state index in [1.807, 2.05) is 0 Å². The van der Waals surface area contributed by atoms with E-state index in [-0.39, 0.29) is 0 Å². The molecular formula is C20H25BrN2. The second-order valence-corrected chi connectivity index (χ2v) is 7.48. The highest BCUT2D eigenvalue weighted by atomic mass is 79.9. The summed E-state index contributed by atoms with van der Waals surface area (Å²) in [5.41, 5.74) is 4.15. The van der Waals surface area contributed by atoms with Crippen molar-refractivity contribution in [3.63, 3.8) is 0 Å². The molecule has 1 aliphatic heterocycles. The van der Waals surface area contributed by atoms with Crippen molar-refractivity contribution in [2.24, 2.45) is 0 Å². The molecule has 0 amide bonds. The number of benzene rings is 2. The van der Waals surface area contributed by atoms with Crippen LogP contribution in [0, 0.1) is 0 Å². The van der Waals surface area contributed by atoms with E-state index in [9.17, 15) is 0 Å². The van der Waals surface area contributed by atoms with Crippen molar-refractivity contribution in [3.8, 4) is 0 Å². The first kappa shape index (κ1) is 16.7. The van der Waals surface area contributed by atoms with E-state index in [1.54, 1.807) is 0 Å². The zero-order valence-electron chi connectivity index (χ0n) is 13.9. The first-order valence-electron chi connectivity index (χ1n) is 8.45. The van der Waals surface area contributed by atoms with E-state index in [0.29, 0.717) is 12.0 Å². The average Bonchev–Trinajstić information content (AvgIpc) is 2.57. The molecule has 0 aromatic heterocycles. The largest absolute Gasteiger partial charge is 0.314 e. The monoisotopic (exact) mass is 372 g/mol. The number of piperazine rings is 1. The first-order valence-corrected chi connectivity index (χ1v) is 9.24. The fourth-order valence-electron chi connectivity index (χ4n) is 3.29. The lowest BCUT2D eigenvalue weighted by molar-refractivity contribution is 0.198. The van der Waals surface area contributed by atoms with Gasteiger partial charge in [-0.2, -0.15) is 0 Å². The number of halogens is 1. The lowest BCUT2D eigenvalue weighted by Gasteiger charge is -2.35. The van der Waals surface area contributed by atoms with Crippen molar-refractivity contribution in [2.75, 3.05) is 26.2 Å². The third kappa shape index (κ3) is 4.03. The highest BCUT2D eigenvalue weighted by Gasteiger charge is 2.24. The molecule has 1 atom stereocenters. The summed E-state index contributed by atoms with van der Waals surface area (Å²) in [4.78, 5) is 2.59. The minimum atomic E-state index is 0.329. The summed E-state index contributed by atoms with van der Waals surface area (Å²) in [6.45, 7) is 8.80. The van der Waals surface area contributed by atoms with Gasteiger partial charge in [-0.15, -0.1) is 0 Å². The van der Waals surface area contributed by atoms with Gasteiger partial charge in [0.2, 0.25) is 0 Å². The molecule has 3 rings (SSSR count).